The molecule has 0 saturated carbocycles. The van der Waals surface area contributed by atoms with Crippen LogP contribution in [0.15, 0.2) is 18.2 Å². The standard InChI is InChI=1S/C15H21IN2O3/c1-15(2,3)21-14(19)17-13-5-4-11(10-12(13)16)18-6-8-20-9-7-18/h4-5,10H,6-9H2,1-3H3,(H,17,19). The van der Waals surface area contributed by atoms with Crippen LogP contribution in [0.5, 0.6) is 0 Å². The summed E-state index contributed by atoms with van der Waals surface area (Å²) in [5.74, 6) is 0. The molecular formula is C15H21IN2O3. The molecular weight excluding hydrogens is 383 g/mol. The summed E-state index contributed by atoms with van der Waals surface area (Å²) in [6, 6.07) is 6.00. The van der Waals surface area contributed by atoms with Crippen molar-refractivity contribution in [2.45, 2.75) is 26.4 Å². The van der Waals surface area contributed by atoms with Gasteiger partial charge in [-0.2, -0.15) is 0 Å². The van der Waals surface area contributed by atoms with E-state index in [4.69, 9.17) is 9.47 Å². The molecule has 1 aromatic carbocycles. The molecule has 6 heteroatoms. The Hall–Kier alpha value is -1.02. The van der Waals surface area contributed by atoms with Crippen molar-refractivity contribution in [2.75, 3.05) is 36.5 Å². The smallest absolute Gasteiger partial charge is 0.412 e. The van der Waals surface area contributed by atoms with Gasteiger partial charge in [0.15, 0.2) is 0 Å². The van der Waals surface area contributed by atoms with Gasteiger partial charge in [-0.05, 0) is 61.6 Å². The van der Waals surface area contributed by atoms with Gasteiger partial charge in [-0.3, -0.25) is 5.32 Å². The molecule has 1 aliphatic heterocycles. The van der Waals surface area contributed by atoms with Crippen molar-refractivity contribution >= 4 is 40.1 Å². The van der Waals surface area contributed by atoms with Crippen LogP contribution < -0.4 is 10.2 Å². The molecule has 1 amide bonds. The second-order valence-corrected chi connectivity index (χ2v) is 7.05. The first-order valence-corrected chi connectivity index (χ1v) is 8.05. The number of nitrogens with zero attached hydrogens (tertiary/aromatic N) is 1. The molecule has 1 heterocycles. The van der Waals surface area contributed by atoms with Crippen molar-refractivity contribution in [3.63, 3.8) is 0 Å². The third kappa shape index (κ3) is 5.03. The van der Waals surface area contributed by atoms with Gasteiger partial charge in [0.05, 0.1) is 18.9 Å². The maximum absolute atomic E-state index is 11.8. The average Bonchev–Trinajstić information content (AvgIpc) is 2.40. The number of hydrogen-bond acceptors (Lipinski definition) is 4. The quantitative estimate of drug-likeness (QED) is 0.768. The van der Waals surface area contributed by atoms with Crippen LogP contribution in [0.2, 0.25) is 0 Å². The first-order chi connectivity index (χ1) is 9.85. The highest BCUT2D eigenvalue weighted by Gasteiger charge is 2.18. The van der Waals surface area contributed by atoms with E-state index in [0.717, 1.165) is 41.2 Å². The fraction of sp³-hybridized carbons (Fsp3) is 0.533. The second kappa shape index (κ2) is 6.83. The number of carbonyl (C=O) groups is 1. The van der Waals surface area contributed by atoms with E-state index in [-0.39, 0.29) is 0 Å². The zero-order valence-electron chi connectivity index (χ0n) is 12.6. The van der Waals surface area contributed by atoms with Crippen LogP contribution in [-0.4, -0.2) is 38.0 Å². The molecule has 1 N–H and O–H groups in total. The summed E-state index contributed by atoms with van der Waals surface area (Å²) in [4.78, 5) is 14.1. The van der Waals surface area contributed by atoms with Crippen molar-refractivity contribution < 1.29 is 14.3 Å². The van der Waals surface area contributed by atoms with E-state index in [9.17, 15) is 4.79 Å². The lowest BCUT2D eigenvalue weighted by Gasteiger charge is -2.29. The maximum atomic E-state index is 11.8. The highest BCUT2D eigenvalue weighted by molar-refractivity contribution is 14.1. The van der Waals surface area contributed by atoms with Gasteiger partial charge in [0.1, 0.15) is 5.60 Å². The number of rotatable bonds is 2. The number of ether oxygens (including phenoxy) is 2. The molecule has 1 aromatic rings. The van der Waals surface area contributed by atoms with E-state index in [0.29, 0.717) is 0 Å². The second-order valence-electron chi connectivity index (χ2n) is 5.89. The number of halogens is 1. The number of benzene rings is 1. The summed E-state index contributed by atoms with van der Waals surface area (Å²) >= 11 is 2.22. The van der Waals surface area contributed by atoms with E-state index in [1.165, 1.54) is 0 Å². The molecule has 0 aromatic heterocycles. The Morgan fingerprint density at radius 1 is 1.33 bits per heavy atom. The predicted octanol–water partition coefficient (Wildman–Crippen LogP) is 3.47. The molecule has 5 nitrogen and oxygen atoms in total. The summed E-state index contributed by atoms with van der Waals surface area (Å²) in [6.07, 6.45) is -0.431. The first kappa shape index (κ1) is 16.4. The molecule has 0 unspecified atom stereocenters. The van der Waals surface area contributed by atoms with Crippen molar-refractivity contribution in [1.29, 1.82) is 0 Å². The summed E-state index contributed by atoms with van der Waals surface area (Å²) in [5.41, 5.74) is 1.42. The molecule has 1 saturated heterocycles. The lowest BCUT2D eigenvalue weighted by Crippen LogP contribution is -2.36. The van der Waals surface area contributed by atoms with Crippen LogP contribution >= 0.6 is 22.6 Å². The molecule has 0 spiro atoms. The van der Waals surface area contributed by atoms with Crippen LogP contribution in [0.25, 0.3) is 0 Å². The summed E-state index contributed by atoms with van der Waals surface area (Å²) in [7, 11) is 0. The van der Waals surface area contributed by atoms with Crippen molar-refractivity contribution in [3.8, 4) is 0 Å². The third-order valence-corrected chi connectivity index (χ3v) is 3.86. The number of carbonyl (C=O) groups excluding carboxylic acids is 1. The zero-order chi connectivity index (χ0) is 15.5. The molecule has 0 aliphatic carbocycles. The SMILES string of the molecule is CC(C)(C)OC(=O)Nc1ccc(N2CCOCC2)cc1I. The van der Waals surface area contributed by atoms with Crippen molar-refractivity contribution in [2.24, 2.45) is 0 Å². The number of hydrogen-bond donors (Lipinski definition) is 1. The molecule has 116 valence electrons. The van der Waals surface area contributed by atoms with Gasteiger partial charge in [0.25, 0.3) is 0 Å². The Morgan fingerprint density at radius 2 is 2.00 bits per heavy atom. The van der Waals surface area contributed by atoms with Gasteiger partial charge in [-0.15, -0.1) is 0 Å². The maximum Gasteiger partial charge on any atom is 0.412 e. The first-order valence-electron chi connectivity index (χ1n) is 6.97. The van der Waals surface area contributed by atoms with Crippen LogP contribution in [0.3, 0.4) is 0 Å². The molecule has 2 rings (SSSR count). The van der Waals surface area contributed by atoms with E-state index >= 15 is 0 Å². The topological polar surface area (TPSA) is 50.8 Å². The lowest BCUT2D eigenvalue weighted by molar-refractivity contribution is 0.0636. The van der Waals surface area contributed by atoms with E-state index in [2.05, 4.69) is 38.9 Å². The van der Waals surface area contributed by atoms with Gasteiger partial charge in [-0.1, -0.05) is 0 Å². The van der Waals surface area contributed by atoms with Gasteiger partial charge in [0.2, 0.25) is 0 Å². The van der Waals surface area contributed by atoms with Gasteiger partial charge in [-0.25, -0.2) is 4.79 Å². The highest BCUT2D eigenvalue weighted by atomic mass is 127. The van der Waals surface area contributed by atoms with E-state index in [1.807, 2.05) is 32.9 Å². The number of nitrogens with one attached hydrogen (secondary N) is 1. The van der Waals surface area contributed by atoms with Crippen LogP contribution in [0, 0.1) is 3.57 Å². The molecule has 0 bridgehead atoms. The average molecular weight is 404 g/mol. The van der Waals surface area contributed by atoms with Crippen LogP contribution in [0.4, 0.5) is 16.2 Å². The minimum Gasteiger partial charge on any atom is -0.444 e. The fourth-order valence-corrected chi connectivity index (χ4v) is 2.67. The normalized spacial score (nSPS) is 15.7. The van der Waals surface area contributed by atoms with Gasteiger partial charge in [0, 0.05) is 22.3 Å². The van der Waals surface area contributed by atoms with Gasteiger partial charge < -0.3 is 14.4 Å². The number of amides is 1. The highest BCUT2D eigenvalue weighted by Crippen LogP contribution is 2.26. The minimum absolute atomic E-state index is 0.431. The van der Waals surface area contributed by atoms with E-state index in [1.54, 1.807) is 0 Å². The van der Waals surface area contributed by atoms with E-state index < -0.39 is 11.7 Å². The lowest BCUT2D eigenvalue weighted by atomic mass is 10.2. The largest absolute Gasteiger partial charge is 0.444 e. The molecule has 1 aliphatic rings. The van der Waals surface area contributed by atoms with Gasteiger partial charge >= 0.3 is 6.09 Å². The Labute approximate surface area is 139 Å². The minimum atomic E-state index is -0.497. The fourth-order valence-electron chi connectivity index (χ4n) is 2.04. The van der Waals surface area contributed by atoms with Crippen molar-refractivity contribution in [3.05, 3.63) is 21.8 Å². The zero-order valence-corrected chi connectivity index (χ0v) is 14.8. The summed E-state index contributed by atoms with van der Waals surface area (Å²) in [6.45, 7) is 8.85. The van der Waals surface area contributed by atoms with Crippen LogP contribution in [0.1, 0.15) is 20.8 Å². The Kier molecular flexibility index (Phi) is 5.32. The monoisotopic (exact) mass is 404 g/mol. The predicted molar refractivity (Wildman–Crippen MR) is 92.0 cm³/mol. The molecule has 0 radical (unpaired) electrons. The van der Waals surface area contributed by atoms with Crippen molar-refractivity contribution in [1.82, 2.24) is 0 Å². The molecule has 0 atom stereocenters. The number of morpholine rings is 1. The molecule has 1 fully saturated rings. The Bertz CT molecular complexity index is 508. The van der Waals surface area contributed by atoms with Crippen LogP contribution in [-0.2, 0) is 9.47 Å². The Balaban J connectivity index is 2.03. The summed E-state index contributed by atoms with van der Waals surface area (Å²) < 4.78 is 11.6. The Morgan fingerprint density at radius 3 is 2.57 bits per heavy atom. The third-order valence-electron chi connectivity index (χ3n) is 2.96. The number of anilines is 2. The summed E-state index contributed by atoms with van der Waals surface area (Å²) in [5, 5.41) is 2.79. The molecule has 21 heavy (non-hydrogen) atoms.